The van der Waals surface area contributed by atoms with Gasteiger partial charge in [-0.25, -0.2) is 0 Å². The lowest BCUT2D eigenvalue weighted by Gasteiger charge is -2.25. The van der Waals surface area contributed by atoms with Crippen LogP contribution in [0.5, 0.6) is 11.5 Å². The van der Waals surface area contributed by atoms with E-state index >= 15 is 0 Å². The molecule has 41 heavy (non-hydrogen) atoms. The molecule has 1 atom stereocenters. The lowest BCUT2D eigenvalue weighted by Crippen LogP contribution is -2.30. The minimum absolute atomic E-state index is 0.0649. The molecule has 1 aromatic heterocycles. The fraction of sp³-hybridized carbons (Fsp3) is 0.394. The second-order valence-electron chi connectivity index (χ2n) is 11.1. The van der Waals surface area contributed by atoms with Crippen molar-refractivity contribution in [2.45, 2.75) is 71.1 Å². The van der Waals surface area contributed by atoms with Crippen LogP contribution in [-0.4, -0.2) is 36.9 Å². The zero-order chi connectivity index (χ0) is 30.0. The molecule has 0 saturated carbocycles. The Morgan fingerprint density at radius 2 is 1.59 bits per heavy atom. The summed E-state index contributed by atoms with van der Waals surface area (Å²) in [6.07, 6.45) is 7.18. The average molecular weight is 560 g/mol. The molecule has 8 heteroatoms. The smallest absolute Gasteiger partial charge is 0.258 e. The van der Waals surface area contributed by atoms with Gasteiger partial charge in [0.2, 0.25) is 5.91 Å². The predicted molar refractivity (Wildman–Crippen MR) is 161 cm³/mol. The normalized spacial score (nSPS) is 11.9. The van der Waals surface area contributed by atoms with Crippen LogP contribution in [0.1, 0.15) is 97.6 Å². The second kappa shape index (κ2) is 14.4. The summed E-state index contributed by atoms with van der Waals surface area (Å²) in [4.78, 5) is 42.9. The van der Waals surface area contributed by atoms with E-state index in [9.17, 15) is 14.4 Å². The third-order valence-corrected chi connectivity index (χ3v) is 7.00. The van der Waals surface area contributed by atoms with E-state index in [0.29, 0.717) is 22.7 Å². The Hall–Kier alpha value is -4.20. The zero-order valence-electron chi connectivity index (χ0n) is 24.9. The zero-order valence-corrected chi connectivity index (χ0v) is 24.9. The number of carbonyl (C=O) groups is 3. The Morgan fingerprint density at radius 3 is 2.22 bits per heavy atom. The number of benzene rings is 2. The molecule has 3 amide bonds. The van der Waals surface area contributed by atoms with Crippen LogP contribution in [0, 0.1) is 0 Å². The SMILES string of the molecule is CCCCCC(CC(=O)Nc1cc(C(=O)NC(=O)c2ccncc2)ccc1C(C)(C)C)c1ccc(OC)cc1OC. The molecule has 8 nitrogen and oxygen atoms in total. The van der Waals surface area contributed by atoms with Crippen molar-refractivity contribution in [2.24, 2.45) is 0 Å². The van der Waals surface area contributed by atoms with Crippen molar-refractivity contribution in [3.05, 3.63) is 83.2 Å². The van der Waals surface area contributed by atoms with Gasteiger partial charge in [-0.2, -0.15) is 0 Å². The van der Waals surface area contributed by atoms with E-state index < -0.39 is 11.8 Å². The maximum Gasteiger partial charge on any atom is 0.258 e. The van der Waals surface area contributed by atoms with Gasteiger partial charge in [-0.3, -0.25) is 24.7 Å². The number of amides is 3. The summed E-state index contributed by atoms with van der Waals surface area (Å²) in [6, 6.07) is 13.9. The number of methoxy groups -OCH3 is 2. The number of unbranched alkanes of at least 4 members (excludes halogenated alkanes) is 2. The summed E-state index contributed by atoms with van der Waals surface area (Å²) < 4.78 is 11.0. The van der Waals surface area contributed by atoms with E-state index in [-0.39, 0.29) is 29.2 Å². The third kappa shape index (κ3) is 8.64. The van der Waals surface area contributed by atoms with Gasteiger partial charge in [0, 0.05) is 41.7 Å². The van der Waals surface area contributed by atoms with Crippen LogP contribution in [0.25, 0.3) is 0 Å². The Balaban J connectivity index is 1.86. The molecule has 3 rings (SSSR count). The first kappa shape index (κ1) is 31.3. The maximum atomic E-state index is 13.5. The Morgan fingerprint density at radius 1 is 0.878 bits per heavy atom. The predicted octanol–water partition coefficient (Wildman–Crippen LogP) is 6.66. The first-order chi connectivity index (χ1) is 19.6. The minimum Gasteiger partial charge on any atom is -0.497 e. The summed E-state index contributed by atoms with van der Waals surface area (Å²) >= 11 is 0. The second-order valence-corrected chi connectivity index (χ2v) is 11.1. The van der Waals surface area contributed by atoms with Crippen molar-refractivity contribution in [3.8, 4) is 11.5 Å². The largest absolute Gasteiger partial charge is 0.497 e. The first-order valence-electron chi connectivity index (χ1n) is 14.0. The number of ether oxygens (including phenoxy) is 2. The van der Waals surface area contributed by atoms with Crippen LogP contribution in [0.2, 0.25) is 0 Å². The highest BCUT2D eigenvalue weighted by molar-refractivity contribution is 6.10. The Bertz CT molecular complexity index is 1350. The summed E-state index contributed by atoms with van der Waals surface area (Å²) in [5.74, 6) is 0.0703. The molecule has 0 aliphatic rings. The number of aromatic nitrogens is 1. The number of rotatable bonds is 12. The van der Waals surface area contributed by atoms with E-state index in [4.69, 9.17) is 9.47 Å². The molecule has 2 aromatic carbocycles. The summed E-state index contributed by atoms with van der Waals surface area (Å²) in [5, 5.41) is 5.48. The summed E-state index contributed by atoms with van der Waals surface area (Å²) in [7, 11) is 3.23. The number of carbonyl (C=O) groups excluding carboxylic acids is 3. The minimum atomic E-state index is -0.553. The number of hydrogen-bond donors (Lipinski definition) is 2. The highest BCUT2D eigenvalue weighted by atomic mass is 16.5. The van der Waals surface area contributed by atoms with E-state index in [0.717, 1.165) is 36.8 Å². The van der Waals surface area contributed by atoms with Gasteiger partial charge in [0.15, 0.2) is 0 Å². The van der Waals surface area contributed by atoms with Gasteiger partial charge in [0.1, 0.15) is 11.5 Å². The van der Waals surface area contributed by atoms with Crippen LogP contribution >= 0.6 is 0 Å². The maximum absolute atomic E-state index is 13.5. The van der Waals surface area contributed by atoms with Crippen LogP contribution in [0.3, 0.4) is 0 Å². The molecular formula is C33H41N3O5. The lowest BCUT2D eigenvalue weighted by atomic mass is 9.84. The van der Waals surface area contributed by atoms with Gasteiger partial charge in [-0.05, 0) is 59.2 Å². The van der Waals surface area contributed by atoms with Gasteiger partial charge in [-0.1, -0.05) is 59.1 Å². The molecule has 0 saturated heterocycles. The quantitative estimate of drug-likeness (QED) is 0.190. The van der Waals surface area contributed by atoms with Crippen molar-refractivity contribution in [2.75, 3.05) is 19.5 Å². The molecule has 0 spiro atoms. The fourth-order valence-corrected chi connectivity index (χ4v) is 4.78. The van der Waals surface area contributed by atoms with Gasteiger partial charge < -0.3 is 14.8 Å². The third-order valence-electron chi connectivity index (χ3n) is 7.00. The molecule has 0 bridgehead atoms. The van der Waals surface area contributed by atoms with Gasteiger partial charge in [0.05, 0.1) is 14.2 Å². The van der Waals surface area contributed by atoms with Crippen LogP contribution < -0.4 is 20.1 Å². The molecule has 0 fully saturated rings. The van der Waals surface area contributed by atoms with Gasteiger partial charge >= 0.3 is 0 Å². The number of anilines is 1. The molecule has 0 aliphatic heterocycles. The van der Waals surface area contributed by atoms with E-state index in [1.54, 1.807) is 26.4 Å². The van der Waals surface area contributed by atoms with Crippen molar-refractivity contribution >= 4 is 23.4 Å². The number of pyridine rings is 1. The molecule has 0 radical (unpaired) electrons. The van der Waals surface area contributed by atoms with Crippen LogP contribution in [0.4, 0.5) is 5.69 Å². The van der Waals surface area contributed by atoms with Crippen LogP contribution in [-0.2, 0) is 10.2 Å². The highest BCUT2D eigenvalue weighted by Gasteiger charge is 2.24. The van der Waals surface area contributed by atoms with E-state index in [1.165, 1.54) is 24.5 Å². The lowest BCUT2D eigenvalue weighted by molar-refractivity contribution is -0.116. The molecule has 1 heterocycles. The van der Waals surface area contributed by atoms with Crippen LogP contribution in [0.15, 0.2) is 60.9 Å². The van der Waals surface area contributed by atoms with Crippen molar-refractivity contribution in [1.82, 2.24) is 10.3 Å². The summed E-state index contributed by atoms with van der Waals surface area (Å²) in [6.45, 7) is 8.28. The Labute approximate surface area is 242 Å². The monoisotopic (exact) mass is 559 g/mol. The molecule has 3 aromatic rings. The average Bonchev–Trinajstić information content (AvgIpc) is 2.96. The number of imide groups is 1. The molecule has 1 unspecified atom stereocenters. The van der Waals surface area contributed by atoms with Gasteiger partial charge in [0.25, 0.3) is 11.8 Å². The van der Waals surface area contributed by atoms with Crippen molar-refractivity contribution < 1.29 is 23.9 Å². The molecule has 218 valence electrons. The summed E-state index contributed by atoms with van der Waals surface area (Å²) in [5.41, 5.74) is 2.68. The van der Waals surface area contributed by atoms with Crippen molar-refractivity contribution in [3.63, 3.8) is 0 Å². The number of nitrogens with one attached hydrogen (secondary N) is 2. The van der Waals surface area contributed by atoms with E-state index in [1.807, 2.05) is 45.0 Å². The molecule has 0 aliphatic carbocycles. The first-order valence-corrected chi connectivity index (χ1v) is 14.0. The highest BCUT2D eigenvalue weighted by Crippen LogP contribution is 2.36. The molecule has 2 N–H and O–H groups in total. The number of nitrogens with zero attached hydrogens (tertiary/aromatic N) is 1. The van der Waals surface area contributed by atoms with Crippen molar-refractivity contribution in [1.29, 1.82) is 0 Å². The van der Waals surface area contributed by atoms with Gasteiger partial charge in [-0.15, -0.1) is 0 Å². The topological polar surface area (TPSA) is 107 Å². The molecular weight excluding hydrogens is 518 g/mol. The number of hydrogen-bond acceptors (Lipinski definition) is 6. The Kier molecular flexibility index (Phi) is 11.0. The van der Waals surface area contributed by atoms with E-state index in [2.05, 4.69) is 22.5 Å². The fourth-order valence-electron chi connectivity index (χ4n) is 4.78. The standard InChI is InChI=1S/C33H41N3O5/c1-7-8-9-10-23(26-13-12-25(40-5)21-29(26)41-6)20-30(37)35-28-19-24(11-14-27(28)33(2,3)4)32(39)36-31(38)22-15-17-34-18-16-22/h11-19,21,23H,7-10,20H2,1-6H3,(H,35,37)(H,36,38,39).